The zero-order valence-electron chi connectivity index (χ0n) is 11.7. The topological polar surface area (TPSA) is 66.5 Å². The van der Waals surface area contributed by atoms with Crippen LogP contribution in [0.25, 0.3) is 0 Å². The average molecular weight is 269 g/mol. The predicted molar refractivity (Wildman–Crippen MR) is 76.7 cm³/mol. The lowest BCUT2D eigenvalue weighted by Crippen LogP contribution is -2.42. The fourth-order valence-corrected chi connectivity index (χ4v) is 2.19. The molecule has 1 aromatic carbocycles. The molecule has 2 rings (SSSR count). The number of hydrogen-bond donors (Lipinski definition) is 1. The molecule has 0 saturated heterocycles. The van der Waals surface area contributed by atoms with E-state index in [1.165, 1.54) is 6.33 Å². The first-order valence-electron chi connectivity index (χ1n) is 6.85. The number of nitrogens with one attached hydrogen (secondary N) is 1. The molecular weight excluding hydrogens is 250 g/mol. The van der Waals surface area contributed by atoms with Gasteiger partial charge in [-0.15, -0.1) is 0 Å². The Morgan fingerprint density at radius 1 is 1.35 bits per heavy atom. The van der Waals surface area contributed by atoms with E-state index in [-0.39, 0.29) is 0 Å². The summed E-state index contributed by atoms with van der Waals surface area (Å²) in [7, 11) is 0. The molecule has 1 unspecified atom stereocenters. The highest BCUT2D eigenvalue weighted by atomic mass is 15.3. The summed E-state index contributed by atoms with van der Waals surface area (Å²) < 4.78 is 1.75. The number of nitriles is 1. The van der Waals surface area contributed by atoms with Crippen LogP contribution < -0.4 is 5.32 Å². The van der Waals surface area contributed by atoms with Crippen molar-refractivity contribution in [2.75, 3.05) is 6.54 Å². The van der Waals surface area contributed by atoms with Crippen molar-refractivity contribution >= 4 is 0 Å². The van der Waals surface area contributed by atoms with Gasteiger partial charge in [-0.25, -0.2) is 4.98 Å². The molecule has 104 valence electrons. The van der Waals surface area contributed by atoms with Crippen molar-refractivity contribution in [3.63, 3.8) is 0 Å². The molecule has 0 fully saturated rings. The second kappa shape index (κ2) is 6.83. The van der Waals surface area contributed by atoms with Gasteiger partial charge < -0.3 is 0 Å². The zero-order chi connectivity index (χ0) is 14.3. The predicted octanol–water partition coefficient (Wildman–Crippen LogP) is 2.09. The number of rotatable bonds is 7. The van der Waals surface area contributed by atoms with Crippen LogP contribution in [0, 0.1) is 11.3 Å². The number of benzene rings is 1. The second-order valence-electron chi connectivity index (χ2n) is 4.72. The third-order valence-corrected chi connectivity index (χ3v) is 3.32. The minimum Gasteiger partial charge on any atom is -0.296 e. The fourth-order valence-electron chi connectivity index (χ4n) is 2.19. The first-order valence-corrected chi connectivity index (χ1v) is 6.85. The summed E-state index contributed by atoms with van der Waals surface area (Å²) in [5.41, 5.74) is 0.319. The molecule has 0 bridgehead atoms. The zero-order valence-corrected chi connectivity index (χ0v) is 11.7. The Labute approximate surface area is 119 Å². The van der Waals surface area contributed by atoms with Gasteiger partial charge in [0.2, 0.25) is 0 Å². The van der Waals surface area contributed by atoms with E-state index in [2.05, 4.69) is 28.4 Å². The first kappa shape index (κ1) is 14.2. The number of hydrogen-bond acceptors (Lipinski definition) is 4. The van der Waals surface area contributed by atoms with Crippen LogP contribution in [-0.2, 0) is 12.1 Å². The van der Waals surface area contributed by atoms with E-state index in [0.717, 1.165) is 18.5 Å². The van der Waals surface area contributed by atoms with E-state index in [1.54, 1.807) is 11.0 Å². The normalized spacial score (nSPS) is 13.6. The van der Waals surface area contributed by atoms with Gasteiger partial charge in [0, 0.05) is 13.0 Å². The van der Waals surface area contributed by atoms with Gasteiger partial charge in [0.05, 0.1) is 6.07 Å². The minimum atomic E-state index is -0.677. The lowest BCUT2D eigenvalue weighted by Gasteiger charge is -2.28. The molecule has 1 atom stereocenters. The van der Waals surface area contributed by atoms with E-state index in [9.17, 15) is 5.26 Å². The van der Waals surface area contributed by atoms with Crippen LogP contribution in [0.15, 0.2) is 43.0 Å². The summed E-state index contributed by atoms with van der Waals surface area (Å²) in [6, 6.07) is 12.3. The second-order valence-corrected chi connectivity index (χ2v) is 4.72. The van der Waals surface area contributed by atoms with Crippen molar-refractivity contribution in [2.45, 2.75) is 31.8 Å². The van der Waals surface area contributed by atoms with Gasteiger partial charge in [-0.05, 0) is 18.5 Å². The highest BCUT2D eigenvalue weighted by molar-refractivity contribution is 5.31. The molecule has 2 aromatic rings. The van der Waals surface area contributed by atoms with Gasteiger partial charge in [-0.2, -0.15) is 10.4 Å². The third kappa shape index (κ3) is 3.22. The Morgan fingerprint density at radius 3 is 2.75 bits per heavy atom. The standard InChI is InChI=1S/C15H19N5/c1-2-9-18-15(11-16,14-6-4-3-5-7-14)8-10-20-13-17-12-19-20/h3-7,12-13,18H,2,8-10H2,1H3. The van der Waals surface area contributed by atoms with E-state index < -0.39 is 5.54 Å². The maximum absolute atomic E-state index is 9.73. The van der Waals surface area contributed by atoms with Crippen molar-refractivity contribution in [3.05, 3.63) is 48.5 Å². The minimum absolute atomic E-state index is 0.650. The highest BCUT2D eigenvalue weighted by Gasteiger charge is 2.31. The smallest absolute Gasteiger partial charge is 0.137 e. The molecule has 0 aliphatic rings. The molecule has 1 aromatic heterocycles. The molecule has 0 spiro atoms. The van der Waals surface area contributed by atoms with Gasteiger partial charge in [0.15, 0.2) is 0 Å². The largest absolute Gasteiger partial charge is 0.296 e. The van der Waals surface area contributed by atoms with Crippen molar-refractivity contribution in [1.29, 1.82) is 5.26 Å². The maximum Gasteiger partial charge on any atom is 0.137 e. The van der Waals surface area contributed by atoms with Crippen molar-refractivity contribution < 1.29 is 0 Å². The Hall–Kier alpha value is -2.19. The number of nitrogens with zero attached hydrogens (tertiary/aromatic N) is 4. The Morgan fingerprint density at radius 2 is 2.15 bits per heavy atom. The summed E-state index contributed by atoms with van der Waals surface area (Å²) in [5, 5.41) is 17.2. The Bertz CT molecular complexity index is 543. The van der Waals surface area contributed by atoms with Crippen LogP contribution in [0.3, 0.4) is 0 Å². The molecule has 1 heterocycles. The molecule has 5 heteroatoms. The quantitative estimate of drug-likeness (QED) is 0.835. The molecule has 1 N–H and O–H groups in total. The summed E-state index contributed by atoms with van der Waals surface area (Å²) in [5.74, 6) is 0. The average Bonchev–Trinajstić information content (AvgIpc) is 3.02. The molecule has 0 amide bonds. The molecule has 0 aliphatic carbocycles. The van der Waals surface area contributed by atoms with Crippen LogP contribution in [0.4, 0.5) is 0 Å². The summed E-state index contributed by atoms with van der Waals surface area (Å²) in [4.78, 5) is 3.93. The third-order valence-electron chi connectivity index (χ3n) is 3.32. The van der Waals surface area contributed by atoms with Gasteiger partial charge in [0.1, 0.15) is 18.2 Å². The van der Waals surface area contributed by atoms with Gasteiger partial charge in [-0.1, -0.05) is 37.3 Å². The van der Waals surface area contributed by atoms with E-state index >= 15 is 0 Å². The molecular formula is C15H19N5. The maximum atomic E-state index is 9.73. The highest BCUT2D eigenvalue weighted by Crippen LogP contribution is 2.25. The Balaban J connectivity index is 2.21. The van der Waals surface area contributed by atoms with Crippen LogP contribution in [0.5, 0.6) is 0 Å². The monoisotopic (exact) mass is 269 g/mol. The van der Waals surface area contributed by atoms with Crippen molar-refractivity contribution in [1.82, 2.24) is 20.1 Å². The Kier molecular flexibility index (Phi) is 4.85. The lowest BCUT2D eigenvalue weighted by molar-refractivity contribution is 0.364. The van der Waals surface area contributed by atoms with E-state index in [0.29, 0.717) is 13.0 Å². The van der Waals surface area contributed by atoms with E-state index in [1.807, 2.05) is 30.3 Å². The summed E-state index contributed by atoms with van der Waals surface area (Å²) >= 11 is 0. The summed E-state index contributed by atoms with van der Waals surface area (Å²) in [6.45, 7) is 3.55. The van der Waals surface area contributed by atoms with E-state index in [4.69, 9.17) is 0 Å². The molecule has 5 nitrogen and oxygen atoms in total. The van der Waals surface area contributed by atoms with Crippen molar-refractivity contribution in [2.24, 2.45) is 0 Å². The van der Waals surface area contributed by atoms with Crippen LogP contribution in [0.1, 0.15) is 25.3 Å². The summed E-state index contributed by atoms with van der Waals surface area (Å²) in [6.07, 6.45) is 4.82. The molecule has 0 saturated carbocycles. The van der Waals surface area contributed by atoms with Gasteiger partial charge >= 0.3 is 0 Å². The molecule has 20 heavy (non-hydrogen) atoms. The van der Waals surface area contributed by atoms with Gasteiger partial charge in [-0.3, -0.25) is 10.00 Å². The van der Waals surface area contributed by atoms with Crippen LogP contribution in [-0.4, -0.2) is 21.3 Å². The van der Waals surface area contributed by atoms with Crippen LogP contribution >= 0.6 is 0 Å². The molecule has 0 radical (unpaired) electrons. The fraction of sp³-hybridized carbons (Fsp3) is 0.400. The van der Waals surface area contributed by atoms with Gasteiger partial charge in [0.25, 0.3) is 0 Å². The number of aromatic nitrogens is 3. The lowest BCUT2D eigenvalue weighted by atomic mass is 9.87. The SMILES string of the molecule is CCCNC(C#N)(CCn1cncn1)c1ccccc1. The van der Waals surface area contributed by atoms with Crippen LogP contribution in [0.2, 0.25) is 0 Å². The molecule has 0 aliphatic heterocycles. The first-order chi connectivity index (χ1) is 9.80. The van der Waals surface area contributed by atoms with Crippen molar-refractivity contribution in [3.8, 4) is 6.07 Å². The number of aryl methyl sites for hydroxylation is 1.